The number of carboxylic acids is 1. The van der Waals surface area contributed by atoms with Gasteiger partial charge in [-0.1, -0.05) is 13.5 Å². The molecule has 35 heavy (non-hydrogen) atoms. The topological polar surface area (TPSA) is 146 Å². The molecular weight excluding hydrogens is 460 g/mol. The predicted octanol–water partition coefficient (Wildman–Crippen LogP) is 3.11. The molecule has 0 bridgehead atoms. The Morgan fingerprint density at radius 3 is 1.80 bits per heavy atom. The van der Waals surface area contributed by atoms with Gasteiger partial charge in [-0.05, 0) is 60.3 Å². The van der Waals surface area contributed by atoms with Crippen molar-refractivity contribution in [2.45, 2.75) is 67.2 Å². The van der Waals surface area contributed by atoms with Gasteiger partial charge in [-0.3, -0.25) is 19.2 Å². The third-order valence-corrected chi connectivity index (χ3v) is 6.29. The van der Waals surface area contributed by atoms with Gasteiger partial charge in [0.1, 0.15) is 19.8 Å². The normalized spacial score (nSPS) is 16.6. The van der Waals surface area contributed by atoms with Crippen LogP contribution < -0.4 is 0 Å². The minimum Gasteiger partial charge on any atom is -0.498 e. The first-order chi connectivity index (χ1) is 16.1. The molecule has 0 aliphatic carbocycles. The molecule has 0 aliphatic rings. The highest BCUT2D eigenvalue weighted by Crippen LogP contribution is 2.49. The summed E-state index contributed by atoms with van der Waals surface area (Å²) in [7, 11) is 1.24. The number of carboxylic acid groups (broad SMARTS) is 1. The minimum absolute atomic E-state index is 0.0270. The molecule has 0 aromatic carbocycles. The first-order valence-corrected chi connectivity index (χ1v) is 11.6. The maximum atomic E-state index is 13.1. The Bertz CT molecular complexity index is 761. The summed E-state index contributed by atoms with van der Waals surface area (Å²) >= 11 is 0. The van der Waals surface area contributed by atoms with E-state index < -0.39 is 52.1 Å². The minimum atomic E-state index is -1.55. The van der Waals surface area contributed by atoms with Crippen LogP contribution in [0.5, 0.6) is 0 Å². The quantitative estimate of drug-likeness (QED) is 0.132. The summed E-state index contributed by atoms with van der Waals surface area (Å²) in [6.45, 7) is 12.3. The van der Waals surface area contributed by atoms with E-state index in [2.05, 4.69) is 6.58 Å². The van der Waals surface area contributed by atoms with E-state index in [0.29, 0.717) is 6.42 Å². The summed E-state index contributed by atoms with van der Waals surface area (Å²) in [6, 6.07) is 0. The standard InChI is InChI=1S/C25H42O10/c1-9-23(5,20(30)32-8)16-24(6,18(27)28)17-25(7,21(31)34-12-11-26)15-22(3,4)19(29)35-14-13-33-10-2/h10,26H,2,9,11-17H2,1,3-8H3,(H,27,28). The van der Waals surface area contributed by atoms with Gasteiger partial charge >= 0.3 is 23.9 Å². The fourth-order valence-electron chi connectivity index (χ4n) is 4.55. The van der Waals surface area contributed by atoms with Gasteiger partial charge in [0.05, 0.1) is 41.6 Å². The third kappa shape index (κ3) is 9.16. The van der Waals surface area contributed by atoms with Crippen molar-refractivity contribution in [2.75, 3.05) is 33.5 Å². The van der Waals surface area contributed by atoms with Gasteiger partial charge in [0.2, 0.25) is 0 Å². The van der Waals surface area contributed by atoms with Crippen LogP contribution in [-0.4, -0.2) is 67.6 Å². The van der Waals surface area contributed by atoms with Crippen molar-refractivity contribution in [3.8, 4) is 0 Å². The fourth-order valence-corrected chi connectivity index (χ4v) is 4.55. The molecule has 0 saturated heterocycles. The second-order valence-corrected chi connectivity index (χ2v) is 10.3. The maximum Gasteiger partial charge on any atom is 0.311 e. The molecule has 10 heteroatoms. The molecular formula is C25H42O10. The van der Waals surface area contributed by atoms with Gasteiger partial charge in [0.25, 0.3) is 0 Å². The van der Waals surface area contributed by atoms with E-state index >= 15 is 0 Å². The number of hydrogen-bond donors (Lipinski definition) is 2. The number of carbonyl (C=O) groups is 4. The molecule has 0 amide bonds. The van der Waals surface area contributed by atoms with E-state index in [0.717, 1.165) is 0 Å². The van der Waals surface area contributed by atoms with Crippen LogP contribution in [0.3, 0.4) is 0 Å². The summed E-state index contributed by atoms with van der Waals surface area (Å²) in [6.07, 6.45) is 1.10. The zero-order valence-electron chi connectivity index (χ0n) is 22.1. The highest BCUT2D eigenvalue weighted by Gasteiger charge is 2.52. The average molecular weight is 503 g/mol. The van der Waals surface area contributed by atoms with Gasteiger partial charge < -0.3 is 29.2 Å². The number of aliphatic hydroxyl groups is 1. The van der Waals surface area contributed by atoms with Crippen LogP contribution in [0.15, 0.2) is 12.8 Å². The van der Waals surface area contributed by atoms with Gasteiger partial charge in [-0.15, -0.1) is 0 Å². The Morgan fingerprint density at radius 2 is 1.34 bits per heavy atom. The molecule has 0 fully saturated rings. The smallest absolute Gasteiger partial charge is 0.311 e. The van der Waals surface area contributed by atoms with E-state index in [4.69, 9.17) is 24.1 Å². The van der Waals surface area contributed by atoms with Crippen LogP contribution in [0.2, 0.25) is 0 Å². The lowest BCUT2D eigenvalue weighted by Crippen LogP contribution is -2.46. The molecule has 202 valence electrons. The second-order valence-electron chi connectivity index (χ2n) is 10.3. The molecule has 0 heterocycles. The Hall–Kier alpha value is -2.62. The van der Waals surface area contributed by atoms with Crippen molar-refractivity contribution >= 4 is 23.9 Å². The van der Waals surface area contributed by atoms with Crippen molar-refractivity contribution < 1.29 is 48.3 Å². The van der Waals surface area contributed by atoms with Crippen molar-refractivity contribution in [1.82, 2.24) is 0 Å². The van der Waals surface area contributed by atoms with Crippen molar-refractivity contribution in [1.29, 1.82) is 0 Å². The highest BCUT2D eigenvalue weighted by molar-refractivity contribution is 5.83. The number of ether oxygens (including phenoxy) is 4. The van der Waals surface area contributed by atoms with Crippen LogP contribution in [0.4, 0.5) is 0 Å². The van der Waals surface area contributed by atoms with Gasteiger partial charge in [0, 0.05) is 0 Å². The van der Waals surface area contributed by atoms with E-state index in [1.807, 2.05) is 0 Å². The molecule has 0 aliphatic heterocycles. The van der Waals surface area contributed by atoms with Crippen LogP contribution in [-0.2, 0) is 38.1 Å². The van der Waals surface area contributed by atoms with Crippen LogP contribution in [0.25, 0.3) is 0 Å². The van der Waals surface area contributed by atoms with Gasteiger partial charge in [0.15, 0.2) is 0 Å². The first kappa shape index (κ1) is 32.4. The molecule has 10 nitrogen and oxygen atoms in total. The Balaban J connectivity index is 6.18. The number of carbonyl (C=O) groups excluding carboxylic acids is 3. The number of esters is 3. The number of aliphatic carboxylic acids is 1. The molecule has 0 saturated carbocycles. The Labute approximate surface area is 207 Å². The lowest BCUT2D eigenvalue weighted by atomic mass is 9.61. The third-order valence-electron chi connectivity index (χ3n) is 6.29. The van der Waals surface area contributed by atoms with Crippen LogP contribution in [0, 0.1) is 21.7 Å². The molecule has 3 unspecified atom stereocenters. The highest BCUT2D eigenvalue weighted by atomic mass is 16.6. The SMILES string of the molecule is C=COCCOC(=O)C(C)(C)CC(C)(CC(C)(CC(C)(CC)C(=O)OC)C(=O)O)C(=O)OCCO. The van der Waals surface area contributed by atoms with E-state index in [9.17, 15) is 24.3 Å². The molecule has 0 aromatic rings. The Kier molecular flexibility index (Phi) is 12.5. The van der Waals surface area contributed by atoms with Gasteiger partial charge in [-0.25, -0.2) is 0 Å². The van der Waals surface area contributed by atoms with Crippen molar-refractivity contribution in [3.05, 3.63) is 12.8 Å². The van der Waals surface area contributed by atoms with Gasteiger partial charge in [-0.2, -0.15) is 0 Å². The number of rotatable bonds is 17. The molecule has 0 aromatic heterocycles. The number of aliphatic hydroxyl groups excluding tert-OH is 1. The summed E-state index contributed by atoms with van der Waals surface area (Å²) in [5.41, 5.74) is -5.33. The summed E-state index contributed by atoms with van der Waals surface area (Å²) in [5.74, 6) is -3.12. The average Bonchev–Trinajstić information content (AvgIpc) is 2.78. The summed E-state index contributed by atoms with van der Waals surface area (Å²) in [4.78, 5) is 50.9. The lowest BCUT2D eigenvalue weighted by molar-refractivity contribution is -0.170. The summed E-state index contributed by atoms with van der Waals surface area (Å²) < 4.78 is 20.3. The lowest BCUT2D eigenvalue weighted by Gasteiger charge is -2.41. The fraction of sp³-hybridized carbons (Fsp3) is 0.760. The zero-order chi connectivity index (χ0) is 27.5. The largest absolute Gasteiger partial charge is 0.498 e. The predicted molar refractivity (Wildman–Crippen MR) is 127 cm³/mol. The van der Waals surface area contributed by atoms with Crippen LogP contribution >= 0.6 is 0 Å². The molecule has 0 spiro atoms. The first-order valence-electron chi connectivity index (χ1n) is 11.6. The zero-order valence-corrected chi connectivity index (χ0v) is 22.1. The van der Waals surface area contributed by atoms with E-state index in [1.54, 1.807) is 27.7 Å². The number of methoxy groups -OCH3 is 1. The monoisotopic (exact) mass is 502 g/mol. The van der Waals surface area contributed by atoms with Crippen molar-refractivity contribution in [3.63, 3.8) is 0 Å². The molecule has 0 radical (unpaired) electrons. The molecule has 0 rings (SSSR count). The molecule has 2 N–H and O–H groups in total. The Morgan fingerprint density at radius 1 is 0.800 bits per heavy atom. The number of hydrogen-bond acceptors (Lipinski definition) is 9. The second kappa shape index (κ2) is 13.5. The maximum absolute atomic E-state index is 13.1. The van der Waals surface area contributed by atoms with Crippen LogP contribution in [0.1, 0.15) is 67.2 Å². The van der Waals surface area contributed by atoms with E-state index in [-0.39, 0.29) is 39.1 Å². The van der Waals surface area contributed by atoms with E-state index in [1.165, 1.54) is 27.2 Å². The molecule has 3 atom stereocenters. The summed E-state index contributed by atoms with van der Waals surface area (Å²) in [5, 5.41) is 19.3. The van der Waals surface area contributed by atoms with Crippen molar-refractivity contribution in [2.24, 2.45) is 21.7 Å².